The summed E-state index contributed by atoms with van der Waals surface area (Å²) in [6.07, 6.45) is 4.47. The van der Waals surface area contributed by atoms with Crippen LogP contribution in [0.3, 0.4) is 0 Å². The second-order valence-electron chi connectivity index (χ2n) is 5.53. The molecule has 1 unspecified atom stereocenters. The third-order valence-corrected chi connectivity index (χ3v) is 5.12. The molecule has 4 nitrogen and oxygen atoms in total. The van der Waals surface area contributed by atoms with E-state index in [0.717, 1.165) is 31.3 Å². The van der Waals surface area contributed by atoms with Gasteiger partial charge in [-0.05, 0) is 43.9 Å². The van der Waals surface area contributed by atoms with Crippen molar-refractivity contribution in [1.29, 1.82) is 0 Å². The fourth-order valence-corrected chi connectivity index (χ4v) is 3.79. The molecule has 1 aliphatic rings. The molecule has 2 heterocycles. The van der Waals surface area contributed by atoms with E-state index in [4.69, 9.17) is 16.0 Å². The lowest BCUT2D eigenvalue weighted by Crippen LogP contribution is -2.44. The molecule has 0 N–H and O–H groups in total. The summed E-state index contributed by atoms with van der Waals surface area (Å²) in [4.78, 5) is 18.8. The van der Waals surface area contributed by atoms with Crippen LogP contribution >= 0.6 is 23.4 Å². The van der Waals surface area contributed by atoms with Gasteiger partial charge in [-0.25, -0.2) is 4.98 Å². The minimum Gasteiger partial charge on any atom is -0.431 e. The van der Waals surface area contributed by atoms with Gasteiger partial charge in [0.2, 0.25) is 5.91 Å². The van der Waals surface area contributed by atoms with Gasteiger partial charge in [0.05, 0.1) is 5.75 Å². The molecular weight excluding hydrogens is 320 g/mol. The number of benzene rings is 1. The van der Waals surface area contributed by atoms with Gasteiger partial charge in [0.1, 0.15) is 5.52 Å². The predicted octanol–water partition coefficient (Wildman–Crippen LogP) is 4.36. The van der Waals surface area contributed by atoms with Crippen molar-refractivity contribution < 1.29 is 9.21 Å². The zero-order chi connectivity index (χ0) is 15.5. The van der Waals surface area contributed by atoms with Gasteiger partial charge in [-0.15, -0.1) is 0 Å². The van der Waals surface area contributed by atoms with Crippen molar-refractivity contribution in [3.05, 3.63) is 23.2 Å². The summed E-state index contributed by atoms with van der Waals surface area (Å²) in [7, 11) is 0. The molecule has 6 heteroatoms. The SMILES string of the molecule is CCC1CCCCN1C(=O)CSc1nc2cc(Cl)ccc2o1. The lowest BCUT2D eigenvalue weighted by atomic mass is 10.0. The fraction of sp³-hybridized carbons (Fsp3) is 0.500. The van der Waals surface area contributed by atoms with Gasteiger partial charge in [-0.1, -0.05) is 30.3 Å². The van der Waals surface area contributed by atoms with E-state index >= 15 is 0 Å². The Morgan fingerprint density at radius 2 is 2.36 bits per heavy atom. The molecule has 1 saturated heterocycles. The first-order valence-corrected chi connectivity index (χ1v) is 9.02. The molecular formula is C16H19ClN2O2S. The number of carbonyl (C=O) groups excluding carboxylic acids is 1. The Hall–Kier alpha value is -1.20. The monoisotopic (exact) mass is 338 g/mol. The third-order valence-electron chi connectivity index (χ3n) is 4.07. The number of rotatable bonds is 4. The Morgan fingerprint density at radius 1 is 1.50 bits per heavy atom. The molecule has 3 rings (SSSR count). The van der Waals surface area contributed by atoms with E-state index in [1.165, 1.54) is 18.2 Å². The van der Waals surface area contributed by atoms with Crippen LogP contribution in [0.1, 0.15) is 32.6 Å². The average Bonchev–Trinajstić information content (AvgIpc) is 2.94. The molecule has 1 fully saturated rings. The summed E-state index contributed by atoms with van der Waals surface area (Å²) in [5.41, 5.74) is 1.43. The molecule has 22 heavy (non-hydrogen) atoms. The van der Waals surface area contributed by atoms with Gasteiger partial charge >= 0.3 is 0 Å². The predicted molar refractivity (Wildman–Crippen MR) is 89.4 cm³/mol. The smallest absolute Gasteiger partial charge is 0.257 e. The van der Waals surface area contributed by atoms with E-state index in [0.29, 0.717) is 27.6 Å². The van der Waals surface area contributed by atoms with Gasteiger partial charge in [-0.2, -0.15) is 0 Å². The number of piperidine rings is 1. The van der Waals surface area contributed by atoms with E-state index < -0.39 is 0 Å². The number of fused-ring (bicyclic) bond motifs is 1. The molecule has 1 atom stereocenters. The van der Waals surface area contributed by atoms with Crippen molar-refractivity contribution in [1.82, 2.24) is 9.88 Å². The highest BCUT2D eigenvalue weighted by Gasteiger charge is 2.25. The highest BCUT2D eigenvalue weighted by Crippen LogP contribution is 2.27. The van der Waals surface area contributed by atoms with Gasteiger partial charge in [-0.3, -0.25) is 4.79 Å². The zero-order valence-electron chi connectivity index (χ0n) is 12.5. The zero-order valence-corrected chi connectivity index (χ0v) is 14.1. The van der Waals surface area contributed by atoms with Crippen LogP contribution in [0.5, 0.6) is 0 Å². The number of halogens is 1. The van der Waals surface area contributed by atoms with E-state index in [9.17, 15) is 4.79 Å². The van der Waals surface area contributed by atoms with Crippen LogP contribution in [0.4, 0.5) is 0 Å². The second kappa shape index (κ2) is 6.92. The standard InChI is InChI=1S/C16H19ClN2O2S/c1-2-12-5-3-4-8-19(12)15(20)10-22-16-18-13-9-11(17)6-7-14(13)21-16/h6-7,9,12H,2-5,8,10H2,1H3. The molecule has 0 bridgehead atoms. The molecule has 1 aromatic carbocycles. The van der Waals surface area contributed by atoms with Gasteiger partial charge in [0.15, 0.2) is 5.58 Å². The first-order valence-electron chi connectivity index (χ1n) is 7.65. The molecule has 2 aromatic rings. The summed E-state index contributed by atoms with van der Waals surface area (Å²) in [6.45, 7) is 3.02. The topological polar surface area (TPSA) is 46.3 Å². The summed E-state index contributed by atoms with van der Waals surface area (Å²) >= 11 is 7.29. The molecule has 0 aliphatic carbocycles. The van der Waals surface area contributed by atoms with Crippen LogP contribution < -0.4 is 0 Å². The first-order chi connectivity index (χ1) is 10.7. The minimum absolute atomic E-state index is 0.178. The lowest BCUT2D eigenvalue weighted by Gasteiger charge is -2.35. The summed E-state index contributed by atoms with van der Waals surface area (Å²) < 4.78 is 5.64. The third kappa shape index (κ3) is 3.41. The summed E-state index contributed by atoms with van der Waals surface area (Å²) in [6, 6.07) is 5.73. The maximum absolute atomic E-state index is 12.4. The van der Waals surface area contributed by atoms with Crippen molar-refractivity contribution >= 4 is 40.4 Å². The first kappa shape index (κ1) is 15.7. The van der Waals surface area contributed by atoms with E-state index in [1.807, 2.05) is 4.90 Å². The number of nitrogens with zero attached hydrogens (tertiary/aromatic N) is 2. The second-order valence-corrected chi connectivity index (χ2v) is 6.89. The minimum atomic E-state index is 0.178. The van der Waals surface area contributed by atoms with Crippen LogP contribution in [-0.4, -0.2) is 34.1 Å². The largest absolute Gasteiger partial charge is 0.431 e. The van der Waals surface area contributed by atoms with Crippen molar-refractivity contribution in [2.45, 2.75) is 43.9 Å². The van der Waals surface area contributed by atoms with Gasteiger partial charge < -0.3 is 9.32 Å². The van der Waals surface area contributed by atoms with Crippen LogP contribution in [0.2, 0.25) is 5.02 Å². The van der Waals surface area contributed by atoms with Crippen molar-refractivity contribution in [2.75, 3.05) is 12.3 Å². The summed E-state index contributed by atoms with van der Waals surface area (Å²) in [5.74, 6) is 0.550. The van der Waals surface area contributed by atoms with E-state index in [1.54, 1.807) is 18.2 Å². The maximum Gasteiger partial charge on any atom is 0.257 e. The molecule has 1 aromatic heterocycles. The number of oxazole rings is 1. The lowest BCUT2D eigenvalue weighted by molar-refractivity contribution is -0.132. The Bertz CT molecular complexity index is 673. The fourth-order valence-electron chi connectivity index (χ4n) is 2.90. The van der Waals surface area contributed by atoms with E-state index in [-0.39, 0.29) is 5.91 Å². The summed E-state index contributed by atoms with van der Waals surface area (Å²) in [5, 5.41) is 1.16. The van der Waals surface area contributed by atoms with Crippen LogP contribution in [0.15, 0.2) is 27.8 Å². The van der Waals surface area contributed by atoms with Crippen molar-refractivity contribution in [2.24, 2.45) is 0 Å². The molecule has 0 spiro atoms. The van der Waals surface area contributed by atoms with Crippen molar-refractivity contribution in [3.8, 4) is 0 Å². The maximum atomic E-state index is 12.4. The number of hydrogen-bond donors (Lipinski definition) is 0. The van der Waals surface area contributed by atoms with Crippen molar-refractivity contribution in [3.63, 3.8) is 0 Å². The average molecular weight is 339 g/mol. The highest BCUT2D eigenvalue weighted by atomic mass is 35.5. The Morgan fingerprint density at radius 3 is 3.18 bits per heavy atom. The number of carbonyl (C=O) groups is 1. The highest BCUT2D eigenvalue weighted by molar-refractivity contribution is 7.99. The molecule has 1 amide bonds. The Labute approximate surface area is 139 Å². The normalized spacial score (nSPS) is 18.8. The Balaban J connectivity index is 1.64. The van der Waals surface area contributed by atoms with Crippen LogP contribution in [-0.2, 0) is 4.79 Å². The number of hydrogen-bond acceptors (Lipinski definition) is 4. The van der Waals surface area contributed by atoms with Crippen LogP contribution in [0, 0.1) is 0 Å². The van der Waals surface area contributed by atoms with E-state index in [2.05, 4.69) is 11.9 Å². The Kier molecular flexibility index (Phi) is 4.93. The number of likely N-dealkylation sites (tertiary alicyclic amines) is 1. The molecule has 0 radical (unpaired) electrons. The molecule has 1 aliphatic heterocycles. The van der Waals surface area contributed by atoms with Gasteiger partial charge in [0.25, 0.3) is 5.22 Å². The number of thioether (sulfide) groups is 1. The number of amides is 1. The van der Waals surface area contributed by atoms with Crippen LogP contribution in [0.25, 0.3) is 11.1 Å². The quantitative estimate of drug-likeness (QED) is 0.777. The molecule has 0 saturated carbocycles. The van der Waals surface area contributed by atoms with Gasteiger partial charge in [0, 0.05) is 17.6 Å². The number of aromatic nitrogens is 1. The molecule has 118 valence electrons.